The highest BCUT2D eigenvalue weighted by atomic mass is 19.4. The Morgan fingerprint density at radius 2 is 2.10 bits per heavy atom. The SMILES string of the molecule is Cc1ccc(NC(=O)C2CC[C@@H](C(F)(F)F)CO2)cc1-c1ncc2cccn2n1. The molecule has 6 nitrogen and oxygen atoms in total. The lowest BCUT2D eigenvalue weighted by Crippen LogP contribution is -2.40. The predicted octanol–water partition coefficient (Wildman–Crippen LogP) is 4.00. The maximum Gasteiger partial charge on any atom is 0.394 e. The van der Waals surface area contributed by atoms with Crippen molar-refractivity contribution in [3.05, 3.63) is 48.3 Å². The average molecular weight is 404 g/mol. The molecule has 2 atom stereocenters. The molecule has 0 saturated carbocycles. The van der Waals surface area contributed by atoms with Crippen molar-refractivity contribution < 1.29 is 22.7 Å². The van der Waals surface area contributed by atoms with Gasteiger partial charge in [0.25, 0.3) is 5.91 Å². The molecule has 1 N–H and O–H groups in total. The summed E-state index contributed by atoms with van der Waals surface area (Å²) in [5, 5.41) is 7.20. The summed E-state index contributed by atoms with van der Waals surface area (Å²) in [6, 6.07) is 9.06. The van der Waals surface area contributed by atoms with E-state index in [9.17, 15) is 18.0 Å². The van der Waals surface area contributed by atoms with E-state index in [0.717, 1.165) is 16.6 Å². The van der Waals surface area contributed by atoms with Crippen molar-refractivity contribution >= 4 is 17.1 Å². The Hall–Kier alpha value is -2.94. The molecule has 0 bridgehead atoms. The van der Waals surface area contributed by atoms with E-state index in [4.69, 9.17) is 4.74 Å². The van der Waals surface area contributed by atoms with Gasteiger partial charge < -0.3 is 10.1 Å². The summed E-state index contributed by atoms with van der Waals surface area (Å²) in [5.74, 6) is -1.47. The lowest BCUT2D eigenvalue weighted by atomic mass is 9.97. The van der Waals surface area contributed by atoms with E-state index < -0.39 is 30.7 Å². The van der Waals surface area contributed by atoms with Gasteiger partial charge in [-0.15, -0.1) is 5.10 Å². The largest absolute Gasteiger partial charge is 0.394 e. The maximum atomic E-state index is 12.7. The first kappa shape index (κ1) is 19.4. The summed E-state index contributed by atoms with van der Waals surface area (Å²) >= 11 is 0. The molecule has 1 aliphatic rings. The lowest BCUT2D eigenvalue weighted by Gasteiger charge is -2.29. The second-order valence-corrected chi connectivity index (χ2v) is 7.12. The van der Waals surface area contributed by atoms with Crippen LogP contribution in [-0.2, 0) is 9.53 Å². The minimum atomic E-state index is -4.30. The molecule has 4 rings (SSSR count). The Balaban J connectivity index is 1.48. The van der Waals surface area contributed by atoms with Gasteiger partial charge in [-0.05, 0) is 49.6 Å². The normalized spacial score (nSPS) is 20.0. The van der Waals surface area contributed by atoms with Crippen molar-refractivity contribution in [2.75, 3.05) is 11.9 Å². The molecule has 3 aromatic rings. The van der Waals surface area contributed by atoms with Gasteiger partial charge in [0.2, 0.25) is 0 Å². The van der Waals surface area contributed by atoms with Gasteiger partial charge in [0.05, 0.1) is 24.2 Å². The Bertz CT molecular complexity index is 1040. The smallest absolute Gasteiger partial charge is 0.368 e. The van der Waals surface area contributed by atoms with Crippen LogP contribution in [0.15, 0.2) is 42.7 Å². The number of nitrogens with one attached hydrogen (secondary N) is 1. The van der Waals surface area contributed by atoms with Crippen molar-refractivity contribution in [2.24, 2.45) is 5.92 Å². The minimum absolute atomic E-state index is 0.0299. The molecule has 1 amide bonds. The van der Waals surface area contributed by atoms with E-state index in [2.05, 4.69) is 15.4 Å². The summed E-state index contributed by atoms with van der Waals surface area (Å²) in [7, 11) is 0. The van der Waals surface area contributed by atoms with Gasteiger partial charge >= 0.3 is 6.18 Å². The van der Waals surface area contributed by atoms with E-state index in [-0.39, 0.29) is 12.8 Å². The van der Waals surface area contributed by atoms with Crippen LogP contribution in [0.2, 0.25) is 0 Å². The van der Waals surface area contributed by atoms with E-state index >= 15 is 0 Å². The molecule has 0 aliphatic carbocycles. The van der Waals surface area contributed by atoms with Crippen molar-refractivity contribution in [1.29, 1.82) is 0 Å². The average Bonchev–Trinajstić information content (AvgIpc) is 3.16. The first-order chi connectivity index (χ1) is 13.8. The first-order valence-electron chi connectivity index (χ1n) is 9.22. The highest BCUT2D eigenvalue weighted by Gasteiger charge is 2.43. The number of anilines is 1. The number of carbonyl (C=O) groups is 1. The monoisotopic (exact) mass is 404 g/mol. The van der Waals surface area contributed by atoms with Crippen LogP contribution in [0, 0.1) is 12.8 Å². The Labute approximate surface area is 164 Å². The van der Waals surface area contributed by atoms with Crippen LogP contribution in [0.1, 0.15) is 18.4 Å². The van der Waals surface area contributed by atoms with Gasteiger partial charge in [0.1, 0.15) is 6.10 Å². The standard InChI is InChI=1S/C20H19F3N4O2/c1-12-4-6-14(9-16(12)18-24-10-15-3-2-8-27(15)26-18)25-19(28)17-7-5-13(11-29-17)20(21,22)23/h2-4,6,8-10,13,17H,5,7,11H2,1H3,(H,25,28)/t13-,17?/m1/s1. The topological polar surface area (TPSA) is 68.5 Å². The van der Waals surface area contributed by atoms with Gasteiger partial charge in [-0.3, -0.25) is 4.79 Å². The van der Waals surface area contributed by atoms with Gasteiger partial charge in [0, 0.05) is 17.4 Å². The Kier molecular flexibility index (Phi) is 4.99. The minimum Gasteiger partial charge on any atom is -0.368 e. The van der Waals surface area contributed by atoms with E-state index in [0.29, 0.717) is 11.5 Å². The van der Waals surface area contributed by atoms with Gasteiger partial charge in [0.15, 0.2) is 5.82 Å². The third-order valence-corrected chi connectivity index (χ3v) is 5.06. The van der Waals surface area contributed by atoms with Gasteiger partial charge in [-0.1, -0.05) is 6.07 Å². The van der Waals surface area contributed by atoms with Gasteiger partial charge in [-0.25, -0.2) is 9.50 Å². The van der Waals surface area contributed by atoms with Crippen LogP contribution in [0.25, 0.3) is 16.9 Å². The number of amides is 1. The summed E-state index contributed by atoms with van der Waals surface area (Å²) in [6.07, 6.45) is -1.76. The predicted molar refractivity (Wildman–Crippen MR) is 100 cm³/mol. The number of carbonyl (C=O) groups excluding carboxylic acids is 1. The molecule has 29 heavy (non-hydrogen) atoms. The number of halogens is 3. The zero-order valence-electron chi connectivity index (χ0n) is 15.6. The van der Waals surface area contributed by atoms with Crippen LogP contribution in [0.5, 0.6) is 0 Å². The molecule has 1 saturated heterocycles. The molecule has 2 aromatic heterocycles. The first-order valence-corrected chi connectivity index (χ1v) is 9.22. The number of ether oxygens (including phenoxy) is 1. The summed E-state index contributed by atoms with van der Waals surface area (Å²) in [4.78, 5) is 16.8. The third-order valence-electron chi connectivity index (χ3n) is 5.06. The summed E-state index contributed by atoms with van der Waals surface area (Å²) in [6.45, 7) is 1.41. The number of hydrogen-bond donors (Lipinski definition) is 1. The fourth-order valence-electron chi connectivity index (χ4n) is 3.34. The molecule has 0 spiro atoms. The van der Waals surface area contributed by atoms with E-state index in [1.807, 2.05) is 31.3 Å². The molecule has 9 heteroatoms. The molecule has 1 unspecified atom stereocenters. The third kappa shape index (κ3) is 4.09. The number of alkyl halides is 3. The summed E-state index contributed by atoms with van der Waals surface area (Å²) < 4.78 is 45.1. The fraction of sp³-hybridized carbons (Fsp3) is 0.350. The molecular weight excluding hydrogens is 385 g/mol. The number of aromatic nitrogens is 3. The Morgan fingerprint density at radius 1 is 1.28 bits per heavy atom. The van der Waals surface area contributed by atoms with Crippen LogP contribution in [-0.4, -0.2) is 39.4 Å². The molecule has 1 aromatic carbocycles. The second kappa shape index (κ2) is 7.47. The summed E-state index contributed by atoms with van der Waals surface area (Å²) in [5.41, 5.74) is 3.05. The quantitative estimate of drug-likeness (QED) is 0.717. The van der Waals surface area contributed by atoms with Crippen LogP contribution in [0.4, 0.5) is 18.9 Å². The molecule has 1 aliphatic heterocycles. The zero-order chi connectivity index (χ0) is 20.6. The fourth-order valence-corrected chi connectivity index (χ4v) is 3.34. The maximum absolute atomic E-state index is 12.7. The number of aryl methyl sites for hydroxylation is 1. The highest BCUT2D eigenvalue weighted by molar-refractivity contribution is 5.94. The van der Waals surface area contributed by atoms with Crippen molar-refractivity contribution in [3.63, 3.8) is 0 Å². The van der Waals surface area contributed by atoms with Crippen molar-refractivity contribution in [1.82, 2.24) is 14.6 Å². The number of fused-ring (bicyclic) bond motifs is 1. The van der Waals surface area contributed by atoms with Crippen molar-refractivity contribution in [3.8, 4) is 11.4 Å². The van der Waals surface area contributed by atoms with Crippen LogP contribution in [0.3, 0.4) is 0 Å². The molecular formula is C20H19F3N4O2. The molecule has 1 fully saturated rings. The van der Waals surface area contributed by atoms with E-state index in [1.165, 1.54) is 0 Å². The van der Waals surface area contributed by atoms with Crippen molar-refractivity contribution in [2.45, 2.75) is 32.0 Å². The molecule has 0 radical (unpaired) electrons. The molecule has 152 valence electrons. The second-order valence-electron chi connectivity index (χ2n) is 7.12. The van der Waals surface area contributed by atoms with Gasteiger partial charge in [-0.2, -0.15) is 13.2 Å². The number of rotatable bonds is 3. The number of hydrogen-bond acceptors (Lipinski definition) is 4. The number of benzene rings is 1. The molecule has 3 heterocycles. The highest BCUT2D eigenvalue weighted by Crippen LogP contribution is 2.34. The van der Waals surface area contributed by atoms with Crippen LogP contribution >= 0.6 is 0 Å². The lowest BCUT2D eigenvalue weighted by molar-refractivity contribution is -0.207. The van der Waals surface area contributed by atoms with Crippen LogP contribution < -0.4 is 5.32 Å². The number of nitrogens with zero attached hydrogens (tertiary/aromatic N) is 3. The van der Waals surface area contributed by atoms with E-state index in [1.54, 1.807) is 22.8 Å². The Morgan fingerprint density at radius 3 is 2.83 bits per heavy atom. The zero-order valence-corrected chi connectivity index (χ0v) is 15.6.